The van der Waals surface area contributed by atoms with Gasteiger partial charge in [-0.15, -0.1) is 11.3 Å². The molecule has 1 heterocycles. The summed E-state index contributed by atoms with van der Waals surface area (Å²) in [5.41, 5.74) is 0.750. The molecule has 0 bridgehead atoms. The van der Waals surface area contributed by atoms with Crippen LogP contribution in [0, 0.1) is 0 Å². The number of aromatic hydroxyl groups is 1. The monoisotopic (exact) mass is 431 g/mol. The average Bonchev–Trinajstić information content (AvgIpc) is 3.04. The van der Waals surface area contributed by atoms with E-state index >= 15 is 0 Å². The maximum absolute atomic E-state index is 12.4. The highest BCUT2D eigenvalue weighted by molar-refractivity contribution is 7.07. The number of Topliss-reactive ketones (excluding diaryl/α,β-unsaturated/α-hetero) is 1. The first-order chi connectivity index (χ1) is 13.9. The highest BCUT2D eigenvalue weighted by atomic mass is 35.5. The zero-order valence-corrected chi connectivity index (χ0v) is 17.3. The molecule has 0 unspecified atom stereocenters. The molecule has 0 spiro atoms. The highest BCUT2D eigenvalue weighted by Crippen LogP contribution is 2.35. The number of rotatable bonds is 6. The van der Waals surface area contributed by atoms with Gasteiger partial charge in [-0.1, -0.05) is 11.6 Å². The number of thiazole rings is 1. The normalized spacial score (nSPS) is 12.2. The van der Waals surface area contributed by atoms with E-state index in [1.165, 1.54) is 12.1 Å². The maximum Gasteiger partial charge on any atom is 0.266 e. The standard InChI is InChI=1S/C21H18ClNO5S/c1-3-28-17-9-12(8-15(22)20(17)25)10-18-21(26)23-19(29-18)11-16(24)13-4-6-14(27-2)7-5-13/h4-11,25H,3H2,1-2H3,(H,23,26)/b18-10+,19-11-. The van der Waals surface area contributed by atoms with Crippen LogP contribution in [0.3, 0.4) is 0 Å². The molecule has 0 saturated heterocycles. The van der Waals surface area contributed by atoms with Crippen molar-refractivity contribution >= 4 is 40.9 Å². The number of aromatic nitrogens is 1. The van der Waals surface area contributed by atoms with Gasteiger partial charge in [-0.05, 0) is 55.0 Å². The van der Waals surface area contributed by atoms with Gasteiger partial charge in [0, 0.05) is 11.6 Å². The summed E-state index contributed by atoms with van der Waals surface area (Å²) in [4.78, 5) is 27.3. The van der Waals surface area contributed by atoms with Crippen LogP contribution in [0.4, 0.5) is 0 Å². The number of halogens is 1. The second-order valence-corrected chi connectivity index (χ2v) is 7.44. The number of H-pyrrole nitrogens is 1. The van der Waals surface area contributed by atoms with Gasteiger partial charge in [-0.2, -0.15) is 0 Å². The van der Waals surface area contributed by atoms with Crippen LogP contribution in [0.5, 0.6) is 17.2 Å². The Morgan fingerprint density at radius 3 is 2.66 bits per heavy atom. The van der Waals surface area contributed by atoms with Gasteiger partial charge in [0.05, 0.1) is 27.9 Å². The molecular weight excluding hydrogens is 414 g/mol. The number of ketones is 1. The zero-order chi connectivity index (χ0) is 21.0. The summed E-state index contributed by atoms with van der Waals surface area (Å²) in [6, 6.07) is 9.83. The number of carbonyl (C=O) groups excluding carboxylic acids is 1. The molecule has 0 fully saturated rings. The number of nitrogens with one attached hydrogen (secondary N) is 1. The Balaban J connectivity index is 1.96. The smallest absolute Gasteiger partial charge is 0.266 e. The van der Waals surface area contributed by atoms with E-state index in [2.05, 4.69) is 4.98 Å². The van der Waals surface area contributed by atoms with Crippen LogP contribution < -0.4 is 24.2 Å². The van der Waals surface area contributed by atoms with Crippen molar-refractivity contribution in [3.63, 3.8) is 0 Å². The molecular formula is C21H18ClNO5S. The second kappa shape index (κ2) is 8.98. The summed E-state index contributed by atoms with van der Waals surface area (Å²) >= 11 is 7.18. The van der Waals surface area contributed by atoms with Crippen molar-refractivity contribution in [2.75, 3.05) is 13.7 Å². The van der Waals surface area contributed by atoms with Gasteiger partial charge >= 0.3 is 0 Å². The Labute approximate surface area is 175 Å². The van der Waals surface area contributed by atoms with Crippen LogP contribution in [0.1, 0.15) is 22.8 Å². The molecule has 0 atom stereocenters. The number of phenolic OH excluding ortho intramolecular Hbond substituents is 1. The molecule has 0 aliphatic rings. The summed E-state index contributed by atoms with van der Waals surface area (Å²) in [6.45, 7) is 2.15. The lowest BCUT2D eigenvalue weighted by molar-refractivity contribution is 0.106. The number of hydrogen-bond acceptors (Lipinski definition) is 6. The van der Waals surface area contributed by atoms with Crippen LogP contribution in [0.25, 0.3) is 12.2 Å². The Bertz CT molecular complexity index is 1210. The quantitative estimate of drug-likeness (QED) is 0.586. The molecule has 2 N–H and O–H groups in total. The maximum atomic E-state index is 12.4. The number of ether oxygens (including phenoxy) is 2. The summed E-state index contributed by atoms with van der Waals surface area (Å²) < 4.78 is 11.2. The number of phenols is 1. The van der Waals surface area contributed by atoms with E-state index in [0.29, 0.717) is 32.7 Å². The van der Waals surface area contributed by atoms with E-state index in [-0.39, 0.29) is 27.9 Å². The van der Waals surface area contributed by atoms with E-state index < -0.39 is 0 Å². The zero-order valence-electron chi connectivity index (χ0n) is 15.7. The van der Waals surface area contributed by atoms with Gasteiger partial charge in [-0.3, -0.25) is 9.59 Å². The van der Waals surface area contributed by atoms with E-state index in [9.17, 15) is 14.7 Å². The predicted octanol–water partition coefficient (Wildman–Crippen LogP) is 2.69. The molecule has 0 aliphatic heterocycles. The fraction of sp³-hybridized carbons (Fsp3) is 0.143. The van der Waals surface area contributed by atoms with Crippen molar-refractivity contribution in [1.82, 2.24) is 4.98 Å². The first kappa shape index (κ1) is 20.7. The average molecular weight is 432 g/mol. The van der Waals surface area contributed by atoms with Crippen LogP contribution >= 0.6 is 22.9 Å². The summed E-state index contributed by atoms with van der Waals surface area (Å²) in [6.07, 6.45) is 2.99. The highest BCUT2D eigenvalue weighted by Gasteiger charge is 2.09. The first-order valence-electron chi connectivity index (χ1n) is 8.67. The molecule has 3 aromatic rings. The number of carbonyl (C=O) groups is 1. The molecule has 3 rings (SSSR count). The molecule has 29 heavy (non-hydrogen) atoms. The van der Waals surface area contributed by atoms with Crippen molar-refractivity contribution in [3.05, 3.63) is 72.1 Å². The molecule has 0 radical (unpaired) electrons. The molecule has 8 heteroatoms. The summed E-state index contributed by atoms with van der Waals surface area (Å²) in [5.74, 6) is 0.510. The largest absolute Gasteiger partial charge is 0.503 e. The van der Waals surface area contributed by atoms with E-state index in [1.54, 1.807) is 50.4 Å². The lowest BCUT2D eigenvalue weighted by atomic mass is 10.1. The fourth-order valence-corrected chi connectivity index (χ4v) is 3.68. The third-order valence-electron chi connectivity index (χ3n) is 3.97. The van der Waals surface area contributed by atoms with Crippen molar-refractivity contribution in [2.24, 2.45) is 0 Å². The summed E-state index contributed by atoms with van der Waals surface area (Å²) in [5, 5.41) is 10.1. The Morgan fingerprint density at radius 2 is 2.00 bits per heavy atom. The number of methoxy groups -OCH3 is 1. The third kappa shape index (κ3) is 4.88. The van der Waals surface area contributed by atoms with Gasteiger partial charge in [-0.25, -0.2) is 0 Å². The van der Waals surface area contributed by atoms with Gasteiger partial charge in [0.2, 0.25) is 0 Å². The Hall–Kier alpha value is -3.03. The molecule has 2 aromatic carbocycles. The minimum Gasteiger partial charge on any atom is -0.503 e. The lowest BCUT2D eigenvalue weighted by Gasteiger charge is -2.08. The molecule has 0 saturated carbocycles. The fourth-order valence-electron chi connectivity index (χ4n) is 2.58. The topological polar surface area (TPSA) is 88.6 Å². The van der Waals surface area contributed by atoms with E-state index in [4.69, 9.17) is 21.1 Å². The summed E-state index contributed by atoms with van der Waals surface area (Å²) in [7, 11) is 1.55. The molecule has 0 aliphatic carbocycles. The van der Waals surface area contributed by atoms with Gasteiger partial charge in [0.25, 0.3) is 5.56 Å². The molecule has 0 amide bonds. The van der Waals surface area contributed by atoms with Crippen LogP contribution in [0.15, 0.2) is 41.2 Å². The van der Waals surface area contributed by atoms with Crippen molar-refractivity contribution in [1.29, 1.82) is 0 Å². The minimum atomic E-state index is -0.328. The predicted molar refractivity (Wildman–Crippen MR) is 114 cm³/mol. The van der Waals surface area contributed by atoms with Crippen LogP contribution in [0.2, 0.25) is 5.02 Å². The Kier molecular flexibility index (Phi) is 6.41. The van der Waals surface area contributed by atoms with E-state index in [1.807, 2.05) is 0 Å². The molecule has 6 nitrogen and oxygen atoms in total. The van der Waals surface area contributed by atoms with Gasteiger partial charge in [0.1, 0.15) is 5.75 Å². The van der Waals surface area contributed by atoms with Crippen molar-refractivity contribution in [3.8, 4) is 17.2 Å². The Morgan fingerprint density at radius 1 is 1.28 bits per heavy atom. The third-order valence-corrected chi connectivity index (χ3v) is 5.22. The number of benzene rings is 2. The van der Waals surface area contributed by atoms with Crippen molar-refractivity contribution in [2.45, 2.75) is 6.92 Å². The van der Waals surface area contributed by atoms with Crippen molar-refractivity contribution < 1.29 is 19.4 Å². The number of hydrogen-bond donors (Lipinski definition) is 2. The first-order valence-corrected chi connectivity index (χ1v) is 9.87. The number of aromatic amines is 1. The van der Waals surface area contributed by atoms with Crippen LogP contribution in [-0.2, 0) is 0 Å². The van der Waals surface area contributed by atoms with E-state index in [0.717, 1.165) is 11.3 Å². The minimum absolute atomic E-state index is 0.122. The van der Waals surface area contributed by atoms with Gasteiger partial charge in [0.15, 0.2) is 17.3 Å². The molecule has 1 aromatic heterocycles. The second-order valence-electron chi connectivity index (χ2n) is 5.95. The van der Waals surface area contributed by atoms with Crippen LogP contribution in [-0.4, -0.2) is 29.6 Å². The lowest BCUT2D eigenvalue weighted by Crippen LogP contribution is -2.20. The van der Waals surface area contributed by atoms with Gasteiger partial charge < -0.3 is 19.6 Å². The SMILES string of the molecule is CCOc1cc(/C=c2/s/c(=C\C(=O)c3ccc(OC)cc3)[nH]c2=O)cc(Cl)c1O. The molecule has 150 valence electrons.